The van der Waals surface area contributed by atoms with Crippen molar-refractivity contribution in [3.05, 3.63) is 11.3 Å². The SMILES string of the molecule is C/C(NC(C)N)=C(\CN)C1(C(F)F)CC1. The number of hydrogen-bond acceptors (Lipinski definition) is 3. The fourth-order valence-corrected chi connectivity index (χ4v) is 1.94. The topological polar surface area (TPSA) is 64.1 Å². The molecule has 0 aromatic rings. The highest BCUT2D eigenvalue weighted by Gasteiger charge is 2.54. The normalized spacial score (nSPS) is 22.3. The first-order valence-corrected chi connectivity index (χ1v) is 5.14. The van der Waals surface area contributed by atoms with E-state index >= 15 is 0 Å². The third-order valence-electron chi connectivity index (χ3n) is 2.91. The number of nitrogens with one attached hydrogen (secondary N) is 1. The van der Waals surface area contributed by atoms with Crippen LogP contribution in [0.1, 0.15) is 26.7 Å². The van der Waals surface area contributed by atoms with Crippen LogP contribution in [0.25, 0.3) is 0 Å². The summed E-state index contributed by atoms with van der Waals surface area (Å²) in [7, 11) is 0. The molecule has 1 aliphatic carbocycles. The Balaban J connectivity index is 2.87. The van der Waals surface area contributed by atoms with Gasteiger partial charge in [0.2, 0.25) is 6.43 Å². The monoisotopic (exact) mass is 219 g/mol. The van der Waals surface area contributed by atoms with E-state index in [0.29, 0.717) is 24.1 Å². The number of halogens is 2. The first kappa shape index (κ1) is 12.4. The molecule has 0 aliphatic heterocycles. The van der Waals surface area contributed by atoms with Crippen molar-refractivity contribution in [2.75, 3.05) is 6.54 Å². The molecule has 0 bridgehead atoms. The van der Waals surface area contributed by atoms with Crippen LogP contribution in [0.15, 0.2) is 11.3 Å². The zero-order valence-corrected chi connectivity index (χ0v) is 9.19. The molecule has 0 spiro atoms. The minimum Gasteiger partial charge on any atom is -0.374 e. The smallest absolute Gasteiger partial charge is 0.247 e. The Labute approximate surface area is 88.9 Å². The predicted molar refractivity (Wildman–Crippen MR) is 56.2 cm³/mol. The largest absolute Gasteiger partial charge is 0.374 e. The third-order valence-corrected chi connectivity index (χ3v) is 2.91. The molecule has 88 valence electrons. The first-order chi connectivity index (χ1) is 6.94. The lowest BCUT2D eigenvalue weighted by Gasteiger charge is -2.22. The number of hydrogen-bond donors (Lipinski definition) is 3. The van der Waals surface area contributed by atoms with Crippen molar-refractivity contribution in [2.45, 2.75) is 39.3 Å². The van der Waals surface area contributed by atoms with Gasteiger partial charge in [0.05, 0.1) is 11.6 Å². The average Bonchev–Trinajstić information content (AvgIpc) is 2.85. The van der Waals surface area contributed by atoms with Gasteiger partial charge >= 0.3 is 0 Å². The van der Waals surface area contributed by atoms with Crippen LogP contribution in [0.4, 0.5) is 8.78 Å². The lowest BCUT2D eigenvalue weighted by Crippen LogP contribution is -2.35. The Bertz CT molecular complexity index is 257. The second-order valence-electron chi connectivity index (χ2n) is 4.20. The standard InChI is InChI=1S/C10H19F2N3/c1-6(15-7(2)14)8(5-13)10(3-4-10)9(11)12/h7,9,15H,3-5,13-14H2,1-2H3/b8-6-. The summed E-state index contributed by atoms with van der Waals surface area (Å²) in [5.74, 6) is 0. The molecule has 1 rings (SSSR count). The van der Waals surface area contributed by atoms with Crippen molar-refractivity contribution in [3.63, 3.8) is 0 Å². The predicted octanol–water partition coefficient (Wildman–Crippen LogP) is 1.16. The molecule has 0 aromatic heterocycles. The Kier molecular flexibility index (Phi) is 3.67. The zero-order chi connectivity index (χ0) is 11.6. The average molecular weight is 219 g/mol. The van der Waals surface area contributed by atoms with E-state index in [-0.39, 0.29) is 12.7 Å². The number of nitrogens with two attached hydrogens (primary N) is 2. The van der Waals surface area contributed by atoms with Gasteiger partial charge in [-0.2, -0.15) is 0 Å². The van der Waals surface area contributed by atoms with Crippen molar-refractivity contribution in [1.29, 1.82) is 0 Å². The van der Waals surface area contributed by atoms with Gasteiger partial charge in [0.15, 0.2) is 0 Å². The molecule has 0 amide bonds. The van der Waals surface area contributed by atoms with E-state index in [0.717, 1.165) is 0 Å². The molecule has 0 saturated heterocycles. The maximum Gasteiger partial charge on any atom is 0.247 e. The summed E-state index contributed by atoms with van der Waals surface area (Å²) in [5.41, 5.74) is 11.4. The van der Waals surface area contributed by atoms with Gasteiger partial charge in [-0.25, -0.2) is 8.78 Å². The van der Waals surface area contributed by atoms with E-state index in [2.05, 4.69) is 5.32 Å². The minimum atomic E-state index is -2.33. The molecular formula is C10H19F2N3. The van der Waals surface area contributed by atoms with Crippen LogP contribution >= 0.6 is 0 Å². The van der Waals surface area contributed by atoms with Crippen molar-refractivity contribution in [1.82, 2.24) is 5.32 Å². The van der Waals surface area contributed by atoms with E-state index in [1.54, 1.807) is 13.8 Å². The molecular weight excluding hydrogens is 200 g/mol. The highest BCUT2D eigenvalue weighted by molar-refractivity contribution is 5.28. The van der Waals surface area contributed by atoms with Gasteiger partial charge < -0.3 is 16.8 Å². The Morgan fingerprint density at radius 1 is 1.47 bits per heavy atom. The molecule has 0 aromatic carbocycles. The lowest BCUT2D eigenvalue weighted by molar-refractivity contribution is 0.0797. The van der Waals surface area contributed by atoms with Crippen LogP contribution in [0, 0.1) is 5.41 Å². The highest BCUT2D eigenvalue weighted by atomic mass is 19.3. The Hall–Kier alpha value is -0.680. The molecule has 15 heavy (non-hydrogen) atoms. The van der Waals surface area contributed by atoms with E-state index in [1.807, 2.05) is 0 Å². The maximum absolute atomic E-state index is 12.9. The minimum absolute atomic E-state index is 0.163. The van der Waals surface area contributed by atoms with Gasteiger partial charge in [-0.05, 0) is 32.3 Å². The summed E-state index contributed by atoms with van der Waals surface area (Å²) in [6, 6.07) is 0. The van der Waals surface area contributed by atoms with Gasteiger partial charge in [-0.15, -0.1) is 0 Å². The first-order valence-electron chi connectivity index (χ1n) is 5.14. The molecule has 0 radical (unpaired) electrons. The van der Waals surface area contributed by atoms with E-state index in [9.17, 15) is 8.78 Å². The summed E-state index contributed by atoms with van der Waals surface area (Å²) in [4.78, 5) is 0. The summed E-state index contributed by atoms with van der Waals surface area (Å²) in [6.07, 6.45) is -1.54. The van der Waals surface area contributed by atoms with Crippen LogP contribution in [0.3, 0.4) is 0 Å². The molecule has 1 unspecified atom stereocenters. The van der Waals surface area contributed by atoms with Crippen LogP contribution in [0.5, 0.6) is 0 Å². The van der Waals surface area contributed by atoms with Crippen LogP contribution in [-0.2, 0) is 0 Å². The molecule has 0 heterocycles. The van der Waals surface area contributed by atoms with E-state index < -0.39 is 11.8 Å². The van der Waals surface area contributed by atoms with Gasteiger partial charge in [0, 0.05) is 12.2 Å². The van der Waals surface area contributed by atoms with Gasteiger partial charge in [-0.3, -0.25) is 0 Å². The van der Waals surface area contributed by atoms with Gasteiger partial charge in [0.1, 0.15) is 0 Å². The maximum atomic E-state index is 12.9. The second kappa shape index (κ2) is 4.45. The van der Waals surface area contributed by atoms with Gasteiger partial charge in [0.25, 0.3) is 0 Å². The van der Waals surface area contributed by atoms with Crippen molar-refractivity contribution in [2.24, 2.45) is 16.9 Å². The Morgan fingerprint density at radius 2 is 2.00 bits per heavy atom. The van der Waals surface area contributed by atoms with E-state index in [4.69, 9.17) is 11.5 Å². The highest BCUT2D eigenvalue weighted by Crippen LogP contribution is 2.56. The van der Waals surface area contributed by atoms with Crippen molar-refractivity contribution >= 4 is 0 Å². The third kappa shape index (κ3) is 2.46. The van der Waals surface area contributed by atoms with Gasteiger partial charge in [-0.1, -0.05) is 0 Å². The van der Waals surface area contributed by atoms with Crippen LogP contribution in [-0.4, -0.2) is 19.1 Å². The molecule has 1 atom stereocenters. The summed E-state index contributed by atoms with van der Waals surface area (Å²) >= 11 is 0. The number of rotatable bonds is 5. The van der Waals surface area contributed by atoms with Crippen LogP contribution in [0.2, 0.25) is 0 Å². The number of alkyl halides is 2. The van der Waals surface area contributed by atoms with Crippen molar-refractivity contribution < 1.29 is 8.78 Å². The molecule has 1 fully saturated rings. The van der Waals surface area contributed by atoms with E-state index in [1.165, 1.54) is 0 Å². The van der Waals surface area contributed by atoms with Crippen LogP contribution < -0.4 is 16.8 Å². The molecule has 5 N–H and O–H groups in total. The molecule has 1 saturated carbocycles. The summed E-state index contributed by atoms with van der Waals surface area (Å²) in [6.45, 7) is 3.68. The quantitative estimate of drug-likeness (QED) is 0.608. The number of allylic oxidation sites excluding steroid dienone is 1. The second-order valence-corrected chi connectivity index (χ2v) is 4.20. The summed E-state index contributed by atoms with van der Waals surface area (Å²) in [5, 5.41) is 2.94. The zero-order valence-electron chi connectivity index (χ0n) is 9.19. The summed E-state index contributed by atoms with van der Waals surface area (Å²) < 4.78 is 25.7. The van der Waals surface area contributed by atoms with Crippen molar-refractivity contribution in [3.8, 4) is 0 Å². The molecule has 1 aliphatic rings. The molecule has 3 nitrogen and oxygen atoms in total. The fraction of sp³-hybridized carbons (Fsp3) is 0.800. The Morgan fingerprint density at radius 3 is 2.27 bits per heavy atom. The fourth-order valence-electron chi connectivity index (χ4n) is 1.94. The molecule has 5 heteroatoms. The lowest BCUT2D eigenvalue weighted by atomic mass is 9.94.